The minimum Gasteiger partial charge on any atom is -0.479 e. The van der Waals surface area contributed by atoms with Gasteiger partial charge in [0.1, 0.15) is 11.2 Å². The third-order valence-electron chi connectivity index (χ3n) is 3.47. The second-order valence-corrected chi connectivity index (χ2v) is 5.25. The second-order valence-electron chi connectivity index (χ2n) is 5.25. The predicted molar refractivity (Wildman–Crippen MR) is 75.4 cm³/mol. The number of ether oxygens (including phenoxy) is 2. The maximum atomic E-state index is 12.1. The van der Waals surface area contributed by atoms with Crippen LogP contribution < -0.4 is 4.74 Å². The maximum absolute atomic E-state index is 12.1. The summed E-state index contributed by atoms with van der Waals surface area (Å²) in [5.41, 5.74) is 1.91. The number of para-hydroxylation sites is 1. The molecule has 0 saturated carbocycles. The molecule has 0 bridgehead atoms. The lowest BCUT2D eigenvalue weighted by molar-refractivity contribution is 0.0499. The summed E-state index contributed by atoms with van der Waals surface area (Å²) in [5.74, 6) is 0.232. The summed E-state index contributed by atoms with van der Waals surface area (Å²) in [4.78, 5) is 12.1. The fourth-order valence-electron chi connectivity index (χ4n) is 2.58. The molecule has 0 aliphatic carbocycles. The highest BCUT2D eigenvalue weighted by Crippen LogP contribution is 2.41. The highest BCUT2D eigenvalue weighted by Gasteiger charge is 2.34. The molecular formula is C16H17NO3. The van der Waals surface area contributed by atoms with E-state index in [9.17, 15) is 4.79 Å². The van der Waals surface area contributed by atoms with E-state index in [4.69, 9.17) is 9.47 Å². The van der Waals surface area contributed by atoms with Gasteiger partial charge in [0.05, 0.1) is 18.0 Å². The van der Waals surface area contributed by atoms with Gasteiger partial charge < -0.3 is 14.0 Å². The number of benzene rings is 1. The molecule has 1 aliphatic heterocycles. The summed E-state index contributed by atoms with van der Waals surface area (Å²) >= 11 is 0. The maximum Gasteiger partial charge on any atom is 0.341 e. The average molecular weight is 271 g/mol. The lowest BCUT2D eigenvalue weighted by Gasteiger charge is -2.35. The monoisotopic (exact) mass is 271 g/mol. The summed E-state index contributed by atoms with van der Waals surface area (Å²) in [6, 6.07) is 9.53. The quantitative estimate of drug-likeness (QED) is 0.787. The fourth-order valence-corrected chi connectivity index (χ4v) is 2.58. The highest BCUT2D eigenvalue weighted by molar-refractivity contribution is 5.94. The number of hydrogen-bond donors (Lipinski definition) is 0. The van der Waals surface area contributed by atoms with E-state index in [-0.39, 0.29) is 5.97 Å². The van der Waals surface area contributed by atoms with Crippen molar-refractivity contribution in [3.05, 3.63) is 47.8 Å². The van der Waals surface area contributed by atoms with Gasteiger partial charge in [0.2, 0.25) is 0 Å². The Morgan fingerprint density at radius 1 is 1.30 bits per heavy atom. The summed E-state index contributed by atoms with van der Waals surface area (Å²) in [6.07, 6.45) is 1.98. The van der Waals surface area contributed by atoms with E-state index < -0.39 is 5.60 Å². The molecule has 20 heavy (non-hydrogen) atoms. The Morgan fingerprint density at radius 2 is 2.10 bits per heavy atom. The van der Waals surface area contributed by atoms with Gasteiger partial charge in [-0.25, -0.2) is 4.79 Å². The number of nitrogens with zero attached hydrogens (tertiary/aromatic N) is 1. The molecular weight excluding hydrogens is 254 g/mol. The first-order valence-electron chi connectivity index (χ1n) is 6.72. The molecule has 1 aromatic heterocycles. The third kappa shape index (κ3) is 1.80. The first-order valence-corrected chi connectivity index (χ1v) is 6.72. The fraction of sp³-hybridized carbons (Fsp3) is 0.312. The van der Waals surface area contributed by atoms with Crippen molar-refractivity contribution >= 4 is 5.97 Å². The van der Waals surface area contributed by atoms with Crippen LogP contribution in [0.5, 0.6) is 5.75 Å². The van der Waals surface area contributed by atoms with Gasteiger partial charge in [0.25, 0.3) is 0 Å². The molecule has 0 amide bonds. The van der Waals surface area contributed by atoms with Crippen molar-refractivity contribution in [2.75, 3.05) is 6.61 Å². The van der Waals surface area contributed by atoms with Crippen molar-refractivity contribution in [2.24, 2.45) is 0 Å². The van der Waals surface area contributed by atoms with Gasteiger partial charge in [-0.1, -0.05) is 6.07 Å². The molecule has 1 aliphatic rings. The minimum atomic E-state index is -0.487. The smallest absolute Gasteiger partial charge is 0.341 e. The van der Waals surface area contributed by atoms with Crippen molar-refractivity contribution in [2.45, 2.75) is 26.4 Å². The van der Waals surface area contributed by atoms with Crippen LogP contribution in [0.4, 0.5) is 0 Å². The molecule has 4 nitrogen and oxygen atoms in total. The molecule has 3 rings (SSSR count). The third-order valence-corrected chi connectivity index (χ3v) is 3.47. The zero-order valence-corrected chi connectivity index (χ0v) is 11.8. The van der Waals surface area contributed by atoms with Crippen molar-refractivity contribution in [1.29, 1.82) is 0 Å². The van der Waals surface area contributed by atoms with Gasteiger partial charge in [-0.15, -0.1) is 0 Å². The number of rotatable bonds is 2. The molecule has 1 aromatic carbocycles. The standard InChI is InChI=1S/C16H17NO3/c1-4-19-15(18)11-7-5-8-12-14(11)20-16(2,3)13-9-6-10-17(12)13/h5-10H,4H2,1-3H3. The topological polar surface area (TPSA) is 40.5 Å². The van der Waals surface area contributed by atoms with E-state index in [1.165, 1.54) is 0 Å². The van der Waals surface area contributed by atoms with Crippen LogP contribution in [0, 0.1) is 0 Å². The first-order chi connectivity index (χ1) is 9.54. The summed E-state index contributed by atoms with van der Waals surface area (Å²) in [7, 11) is 0. The number of fused-ring (bicyclic) bond motifs is 3. The number of carbonyl (C=O) groups excluding carboxylic acids is 1. The lowest BCUT2D eigenvalue weighted by Crippen LogP contribution is -2.33. The Morgan fingerprint density at radius 3 is 2.85 bits per heavy atom. The molecule has 0 saturated heterocycles. The van der Waals surface area contributed by atoms with Crippen LogP contribution in [0.1, 0.15) is 36.8 Å². The number of hydrogen-bond acceptors (Lipinski definition) is 3. The van der Waals surface area contributed by atoms with E-state index in [0.717, 1.165) is 11.4 Å². The van der Waals surface area contributed by atoms with Crippen LogP contribution in [0.15, 0.2) is 36.5 Å². The lowest BCUT2D eigenvalue weighted by atomic mass is 10.0. The average Bonchev–Trinajstić information content (AvgIpc) is 2.88. The van der Waals surface area contributed by atoms with E-state index in [0.29, 0.717) is 17.9 Å². The molecule has 0 radical (unpaired) electrons. The van der Waals surface area contributed by atoms with Crippen molar-refractivity contribution in [3.63, 3.8) is 0 Å². The molecule has 0 N–H and O–H groups in total. The van der Waals surface area contributed by atoms with E-state index in [1.54, 1.807) is 13.0 Å². The summed E-state index contributed by atoms with van der Waals surface area (Å²) in [6.45, 7) is 6.12. The number of aromatic nitrogens is 1. The van der Waals surface area contributed by atoms with E-state index in [1.807, 2.05) is 44.3 Å². The van der Waals surface area contributed by atoms with Gasteiger partial charge in [-0.05, 0) is 45.0 Å². The Balaban J connectivity index is 2.19. The Labute approximate surface area is 117 Å². The van der Waals surface area contributed by atoms with Crippen LogP contribution >= 0.6 is 0 Å². The minimum absolute atomic E-state index is 0.348. The van der Waals surface area contributed by atoms with Crippen LogP contribution in [-0.4, -0.2) is 17.1 Å². The largest absolute Gasteiger partial charge is 0.479 e. The van der Waals surface area contributed by atoms with Crippen LogP contribution in [0.25, 0.3) is 5.69 Å². The Bertz CT molecular complexity index is 670. The first kappa shape index (κ1) is 12.8. The number of carbonyl (C=O) groups is 1. The van der Waals surface area contributed by atoms with E-state index >= 15 is 0 Å². The molecule has 0 atom stereocenters. The molecule has 104 valence electrons. The normalized spacial score (nSPS) is 14.9. The molecule has 4 heteroatoms. The second kappa shape index (κ2) is 4.40. The predicted octanol–water partition coefficient (Wildman–Crippen LogP) is 3.28. The molecule has 0 spiro atoms. The molecule has 2 aromatic rings. The van der Waals surface area contributed by atoms with Gasteiger partial charge >= 0.3 is 5.97 Å². The van der Waals surface area contributed by atoms with Crippen LogP contribution in [0.3, 0.4) is 0 Å². The van der Waals surface area contributed by atoms with Crippen molar-refractivity contribution in [3.8, 4) is 11.4 Å². The summed E-state index contributed by atoms with van der Waals surface area (Å²) in [5, 5.41) is 0. The summed E-state index contributed by atoms with van der Waals surface area (Å²) < 4.78 is 13.2. The van der Waals surface area contributed by atoms with Crippen molar-refractivity contribution < 1.29 is 14.3 Å². The SMILES string of the molecule is CCOC(=O)c1cccc2c1OC(C)(C)c1cccn1-2. The zero-order valence-electron chi connectivity index (χ0n) is 11.8. The van der Waals surface area contributed by atoms with Gasteiger partial charge in [-0.3, -0.25) is 0 Å². The molecule has 0 fully saturated rings. The van der Waals surface area contributed by atoms with Crippen LogP contribution in [-0.2, 0) is 10.3 Å². The van der Waals surface area contributed by atoms with Gasteiger partial charge in [0, 0.05) is 6.20 Å². The highest BCUT2D eigenvalue weighted by atomic mass is 16.5. The zero-order chi connectivity index (χ0) is 14.3. The Kier molecular flexibility index (Phi) is 2.82. The van der Waals surface area contributed by atoms with Gasteiger partial charge in [0.15, 0.2) is 5.75 Å². The van der Waals surface area contributed by atoms with Gasteiger partial charge in [-0.2, -0.15) is 0 Å². The Hall–Kier alpha value is -2.23. The van der Waals surface area contributed by atoms with E-state index in [2.05, 4.69) is 4.57 Å². The van der Waals surface area contributed by atoms with Crippen molar-refractivity contribution in [1.82, 2.24) is 4.57 Å². The molecule has 2 heterocycles. The molecule has 0 unspecified atom stereocenters. The number of esters is 1. The van der Waals surface area contributed by atoms with Crippen LogP contribution in [0.2, 0.25) is 0 Å².